The first-order valence-electron chi connectivity index (χ1n) is 6.98. The van der Waals surface area contributed by atoms with Crippen molar-refractivity contribution in [1.82, 2.24) is 10.2 Å². The molecule has 1 aromatic carbocycles. The van der Waals surface area contributed by atoms with Crippen LogP contribution in [0.5, 0.6) is 0 Å². The van der Waals surface area contributed by atoms with Gasteiger partial charge in [-0.3, -0.25) is 4.79 Å². The molecule has 1 saturated heterocycles. The van der Waals surface area contributed by atoms with E-state index in [0.717, 1.165) is 19.5 Å². The fraction of sp³-hybridized carbons (Fsp3) is 0.533. The van der Waals surface area contributed by atoms with E-state index >= 15 is 0 Å². The van der Waals surface area contributed by atoms with Crippen LogP contribution in [0.15, 0.2) is 22.7 Å². The van der Waals surface area contributed by atoms with Gasteiger partial charge in [0.1, 0.15) is 5.82 Å². The fourth-order valence-corrected chi connectivity index (χ4v) is 2.84. The van der Waals surface area contributed by atoms with Crippen molar-refractivity contribution in [3.05, 3.63) is 34.1 Å². The zero-order valence-electron chi connectivity index (χ0n) is 11.7. The van der Waals surface area contributed by atoms with Gasteiger partial charge in [-0.1, -0.05) is 15.9 Å². The molecule has 3 nitrogen and oxygen atoms in total. The summed E-state index contributed by atoms with van der Waals surface area (Å²) in [5.41, 5.74) is 0.108. The summed E-state index contributed by atoms with van der Waals surface area (Å²) >= 11 is 3.18. The molecule has 0 unspecified atom stereocenters. The maximum atomic E-state index is 13.6. The number of hydrogen-bond donors (Lipinski definition) is 1. The Morgan fingerprint density at radius 1 is 1.45 bits per heavy atom. The number of nitrogens with one attached hydrogen (secondary N) is 1. The molecule has 1 fully saturated rings. The fourth-order valence-electron chi connectivity index (χ4n) is 2.51. The van der Waals surface area contributed by atoms with E-state index in [1.807, 2.05) is 0 Å². The summed E-state index contributed by atoms with van der Waals surface area (Å²) < 4.78 is 14.3. The molecule has 2 rings (SSSR count). The Morgan fingerprint density at radius 2 is 2.15 bits per heavy atom. The number of carbonyl (C=O) groups is 1. The van der Waals surface area contributed by atoms with Gasteiger partial charge >= 0.3 is 0 Å². The Hall–Kier alpha value is -0.940. The van der Waals surface area contributed by atoms with Gasteiger partial charge in [-0.25, -0.2) is 4.39 Å². The smallest absolute Gasteiger partial charge is 0.254 e. The standard InChI is InChI=1S/C15H20BrFN2O/c1-19-8-5-11(6-9-19)4-7-18-15(20)13-3-2-12(16)10-14(13)17/h2-3,10-11H,4-9H2,1H3,(H,18,20). The minimum absolute atomic E-state index is 0.108. The van der Waals surface area contributed by atoms with Crippen LogP contribution in [-0.2, 0) is 0 Å². The van der Waals surface area contributed by atoms with Gasteiger partial charge in [0.2, 0.25) is 0 Å². The lowest BCUT2D eigenvalue weighted by molar-refractivity contribution is 0.0945. The van der Waals surface area contributed by atoms with Crippen LogP contribution in [0.3, 0.4) is 0 Å². The minimum Gasteiger partial charge on any atom is -0.352 e. The van der Waals surface area contributed by atoms with E-state index < -0.39 is 5.82 Å². The van der Waals surface area contributed by atoms with E-state index in [1.54, 1.807) is 6.07 Å². The van der Waals surface area contributed by atoms with Crippen molar-refractivity contribution in [1.29, 1.82) is 0 Å². The second-order valence-corrected chi connectivity index (χ2v) is 6.33. The quantitative estimate of drug-likeness (QED) is 0.911. The molecule has 0 atom stereocenters. The summed E-state index contributed by atoms with van der Waals surface area (Å²) in [7, 11) is 2.13. The maximum Gasteiger partial charge on any atom is 0.254 e. The maximum absolute atomic E-state index is 13.6. The molecule has 0 saturated carbocycles. The molecule has 1 aromatic rings. The van der Waals surface area contributed by atoms with Crippen molar-refractivity contribution in [3.63, 3.8) is 0 Å². The van der Waals surface area contributed by atoms with Gasteiger partial charge in [0.15, 0.2) is 0 Å². The number of benzene rings is 1. The summed E-state index contributed by atoms with van der Waals surface area (Å²) in [6.07, 6.45) is 3.33. The van der Waals surface area contributed by atoms with Crippen LogP contribution < -0.4 is 5.32 Å². The number of likely N-dealkylation sites (tertiary alicyclic amines) is 1. The molecule has 1 heterocycles. The summed E-state index contributed by atoms with van der Waals surface area (Å²) in [4.78, 5) is 14.2. The van der Waals surface area contributed by atoms with Gasteiger partial charge in [-0.15, -0.1) is 0 Å². The third kappa shape index (κ3) is 4.28. The van der Waals surface area contributed by atoms with Crippen molar-refractivity contribution in [2.24, 2.45) is 5.92 Å². The predicted molar refractivity (Wildman–Crippen MR) is 81.3 cm³/mol. The zero-order chi connectivity index (χ0) is 14.5. The Labute approximate surface area is 127 Å². The molecule has 0 aliphatic carbocycles. The molecule has 0 spiro atoms. The Balaban J connectivity index is 1.77. The van der Waals surface area contributed by atoms with Crippen LogP contribution in [0.4, 0.5) is 4.39 Å². The van der Waals surface area contributed by atoms with Crippen molar-refractivity contribution < 1.29 is 9.18 Å². The number of hydrogen-bond acceptors (Lipinski definition) is 2. The second-order valence-electron chi connectivity index (χ2n) is 5.42. The van der Waals surface area contributed by atoms with Crippen LogP contribution >= 0.6 is 15.9 Å². The van der Waals surface area contributed by atoms with E-state index in [4.69, 9.17) is 0 Å². The van der Waals surface area contributed by atoms with E-state index in [2.05, 4.69) is 33.2 Å². The lowest BCUT2D eigenvalue weighted by atomic mass is 9.94. The average Bonchev–Trinajstić information content (AvgIpc) is 2.41. The number of amides is 1. The van der Waals surface area contributed by atoms with Gasteiger partial charge in [-0.05, 0) is 63.5 Å². The lowest BCUT2D eigenvalue weighted by Crippen LogP contribution is -2.32. The molecular weight excluding hydrogens is 323 g/mol. The van der Waals surface area contributed by atoms with Crippen LogP contribution in [0.25, 0.3) is 0 Å². The van der Waals surface area contributed by atoms with Crippen LogP contribution in [0, 0.1) is 11.7 Å². The molecule has 110 valence electrons. The summed E-state index contributed by atoms with van der Waals surface area (Å²) in [5.74, 6) is -0.152. The highest BCUT2D eigenvalue weighted by Gasteiger charge is 2.17. The SMILES string of the molecule is CN1CCC(CCNC(=O)c2ccc(Br)cc2F)CC1. The molecule has 1 amide bonds. The third-order valence-corrected chi connectivity index (χ3v) is 4.35. The molecule has 1 aliphatic heterocycles. The Kier molecular flexibility index (Phi) is 5.54. The van der Waals surface area contributed by atoms with Crippen molar-refractivity contribution in [3.8, 4) is 0 Å². The Morgan fingerprint density at radius 3 is 2.80 bits per heavy atom. The average molecular weight is 343 g/mol. The molecule has 5 heteroatoms. The highest BCUT2D eigenvalue weighted by molar-refractivity contribution is 9.10. The topological polar surface area (TPSA) is 32.3 Å². The van der Waals surface area contributed by atoms with E-state index in [9.17, 15) is 9.18 Å². The largest absolute Gasteiger partial charge is 0.352 e. The minimum atomic E-state index is -0.490. The van der Waals surface area contributed by atoms with E-state index in [1.165, 1.54) is 25.0 Å². The first-order chi connectivity index (χ1) is 9.56. The number of rotatable bonds is 4. The molecule has 0 radical (unpaired) electrons. The molecular formula is C15H20BrFN2O. The summed E-state index contributed by atoms with van der Waals surface area (Å²) in [5, 5.41) is 2.81. The van der Waals surface area contributed by atoms with Gasteiger partial charge < -0.3 is 10.2 Å². The first kappa shape index (κ1) is 15.4. The third-order valence-electron chi connectivity index (χ3n) is 3.85. The molecule has 1 N–H and O–H groups in total. The monoisotopic (exact) mass is 342 g/mol. The molecule has 1 aliphatic rings. The number of halogens is 2. The molecule has 0 aromatic heterocycles. The van der Waals surface area contributed by atoms with Gasteiger partial charge in [0.05, 0.1) is 5.56 Å². The zero-order valence-corrected chi connectivity index (χ0v) is 13.2. The van der Waals surface area contributed by atoms with Crippen molar-refractivity contribution >= 4 is 21.8 Å². The van der Waals surface area contributed by atoms with Crippen molar-refractivity contribution in [2.75, 3.05) is 26.7 Å². The van der Waals surface area contributed by atoms with E-state index in [-0.39, 0.29) is 11.5 Å². The predicted octanol–water partition coefficient (Wildman–Crippen LogP) is 3.05. The van der Waals surface area contributed by atoms with E-state index in [0.29, 0.717) is 16.9 Å². The van der Waals surface area contributed by atoms with Crippen LogP contribution in [0.2, 0.25) is 0 Å². The second kappa shape index (κ2) is 7.18. The van der Waals surface area contributed by atoms with Gasteiger partial charge in [0, 0.05) is 11.0 Å². The first-order valence-corrected chi connectivity index (χ1v) is 7.77. The normalized spacial score (nSPS) is 17.1. The lowest BCUT2D eigenvalue weighted by Gasteiger charge is -2.28. The number of carbonyl (C=O) groups excluding carboxylic acids is 1. The number of nitrogens with zero attached hydrogens (tertiary/aromatic N) is 1. The van der Waals surface area contributed by atoms with Gasteiger partial charge in [-0.2, -0.15) is 0 Å². The molecule has 20 heavy (non-hydrogen) atoms. The summed E-state index contributed by atoms with van der Waals surface area (Å²) in [6, 6.07) is 4.49. The summed E-state index contributed by atoms with van der Waals surface area (Å²) in [6.45, 7) is 2.86. The Bertz CT molecular complexity index is 473. The number of piperidine rings is 1. The highest BCUT2D eigenvalue weighted by Crippen LogP contribution is 2.19. The van der Waals surface area contributed by atoms with Crippen molar-refractivity contribution in [2.45, 2.75) is 19.3 Å². The van der Waals surface area contributed by atoms with Crippen LogP contribution in [0.1, 0.15) is 29.6 Å². The van der Waals surface area contributed by atoms with Crippen LogP contribution in [-0.4, -0.2) is 37.5 Å². The highest BCUT2D eigenvalue weighted by atomic mass is 79.9. The van der Waals surface area contributed by atoms with Gasteiger partial charge in [0.25, 0.3) is 5.91 Å². The molecule has 0 bridgehead atoms.